The highest BCUT2D eigenvalue weighted by atomic mass is 35.5. The summed E-state index contributed by atoms with van der Waals surface area (Å²) in [7, 11) is 0. The Kier molecular flexibility index (Phi) is 4.79. The summed E-state index contributed by atoms with van der Waals surface area (Å²) in [5, 5.41) is 14.8. The minimum absolute atomic E-state index is 0.0726. The number of halogens is 1. The fourth-order valence-electron chi connectivity index (χ4n) is 3.28. The minimum Gasteiger partial charge on any atom is -0.337 e. The second-order valence-corrected chi connectivity index (χ2v) is 6.33. The van der Waals surface area contributed by atoms with Crippen molar-refractivity contribution in [1.29, 1.82) is 0 Å². The van der Waals surface area contributed by atoms with Crippen molar-refractivity contribution in [3.05, 3.63) is 38.9 Å². The first-order chi connectivity index (χ1) is 11.1. The van der Waals surface area contributed by atoms with Crippen molar-refractivity contribution >= 4 is 23.2 Å². The van der Waals surface area contributed by atoms with E-state index in [1.54, 1.807) is 4.90 Å². The Labute approximate surface area is 139 Å². The van der Waals surface area contributed by atoms with E-state index in [-0.39, 0.29) is 17.2 Å². The van der Waals surface area contributed by atoms with E-state index < -0.39 is 4.92 Å². The minimum atomic E-state index is -0.534. The summed E-state index contributed by atoms with van der Waals surface area (Å²) >= 11 is 5.91. The predicted octanol–water partition coefficient (Wildman–Crippen LogP) is 1.37. The summed E-state index contributed by atoms with van der Waals surface area (Å²) in [6, 6.07) is 4.45. The molecule has 124 valence electrons. The molecule has 2 aliphatic rings. The molecule has 2 saturated heterocycles. The zero-order valence-corrected chi connectivity index (χ0v) is 13.5. The van der Waals surface area contributed by atoms with Gasteiger partial charge in [-0.05, 0) is 18.6 Å². The molecule has 0 spiro atoms. The van der Waals surface area contributed by atoms with Crippen LogP contribution in [0.4, 0.5) is 5.69 Å². The number of nitro benzene ring substituents is 1. The molecule has 2 fully saturated rings. The lowest BCUT2D eigenvalue weighted by atomic mass is 10.1. The first-order valence-electron chi connectivity index (χ1n) is 7.74. The molecule has 23 heavy (non-hydrogen) atoms. The Morgan fingerprint density at radius 1 is 1.30 bits per heavy atom. The van der Waals surface area contributed by atoms with Crippen molar-refractivity contribution in [2.24, 2.45) is 0 Å². The molecule has 1 amide bonds. The van der Waals surface area contributed by atoms with E-state index in [4.69, 9.17) is 11.6 Å². The average molecular weight is 339 g/mol. The number of likely N-dealkylation sites (tertiary alicyclic amines) is 1. The maximum absolute atomic E-state index is 12.7. The number of rotatable bonds is 3. The smallest absolute Gasteiger partial charge is 0.282 e. The van der Waals surface area contributed by atoms with Gasteiger partial charge in [0.1, 0.15) is 5.56 Å². The number of carbonyl (C=O) groups excluding carboxylic acids is 1. The summed E-state index contributed by atoms with van der Waals surface area (Å²) in [5.41, 5.74) is -0.117. The van der Waals surface area contributed by atoms with Crippen LogP contribution < -0.4 is 5.32 Å². The second kappa shape index (κ2) is 6.82. The normalized spacial score (nSPS) is 22.3. The molecule has 0 aromatic heterocycles. The number of amides is 1. The van der Waals surface area contributed by atoms with E-state index in [1.807, 2.05) is 0 Å². The first-order valence-corrected chi connectivity index (χ1v) is 8.12. The number of piperazine rings is 1. The molecule has 2 aliphatic heterocycles. The number of benzene rings is 1. The first kappa shape index (κ1) is 16.2. The molecule has 1 aromatic rings. The van der Waals surface area contributed by atoms with Crippen LogP contribution in [0.5, 0.6) is 0 Å². The summed E-state index contributed by atoms with van der Waals surface area (Å²) < 4.78 is 0. The van der Waals surface area contributed by atoms with Gasteiger partial charge in [-0.25, -0.2) is 0 Å². The van der Waals surface area contributed by atoms with Crippen LogP contribution in [0.1, 0.15) is 16.8 Å². The summed E-state index contributed by atoms with van der Waals surface area (Å²) in [4.78, 5) is 27.4. The van der Waals surface area contributed by atoms with Crippen LogP contribution >= 0.6 is 11.6 Å². The zero-order chi connectivity index (χ0) is 16.4. The molecule has 7 nitrogen and oxygen atoms in total. The standard InChI is InChI=1S/C15H19ClN4O3/c16-11-1-2-14(20(22)23)13(9-11)15(21)19-6-3-12(10-19)18-7-4-17-5-8-18/h1-2,9,12,17H,3-8,10H2. The Morgan fingerprint density at radius 3 is 2.74 bits per heavy atom. The largest absolute Gasteiger partial charge is 0.337 e. The summed E-state index contributed by atoms with van der Waals surface area (Å²) in [6.07, 6.45) is 0.903. The number of hydrogen-bond acceptors (Lipinski definition) is 5. The second-order valence-electron chi connectivity index (χ2n) is 5.90. The van der Waals surface area contributed by atoms with E-state index in [0.29, 0.717) is 24.2 Å². The molecule has 1 atom stereocenters. The Balaban J connectivity index is 1.74. The summed E-state index contributed by atoms with van der Waals surface area (Å²) in [6.45, 7) is 5.11. The van der Waals surface area contributed by atoms with Crippen molar-refractivity contribution < 1.29 is 9.72 Å². The van der Waals surface area contributed by atoms with Crippen molar-refractivity contribution in [3.8, 4) is 0 Å². The topological polar surface area (TPSA) is 78.7 Å². The van der Waals surface area contributed by atoms with Gasteiger partial charge in [-0.2, -0.15) is 0 Å². The van der Waals surface area contributed by atoms with Gasteiger partial charge in [-0.15, -0.1) is 0 Å². The lowest BCUT2D eigenvalue weighted by Crippen LogP contribution is -2.49. The van der Waals surface area contributed by atoms with E-state index in [1.165, 1.54) is 18.2 Å². The molecule has 1 N–H and O–H groups in total. The molecule has 1 unspecified atom stereocenters. The summed E-state index contributed by atoms with van der Waals surface area (Å²) in [5.74, 6) is -0.308. The van der Waals surface area contributed by atoms with Gasteiger partial charge in [0.15, 0.2) is 0 Å². The van der Waals surface area contributed by atoms with Crippen molar-refractivity contribution in [2.45, 2.75) is 12.5 Å². The molecule has 0 radical (unpaired) electrons. The molecule has 0 saturated carbocycles. The zero-order valence-electron chi connectivity index (χ0n) is 12.7. The molecule has 3 rings (SSSR count). The van der Waals surface area contributed by atoms with E-state index in [2.05, 4.69) is 10.2 Å². The third-order valence-corrected chi connectivity index (χ3v) is 4.74. The van der Waals surface area contributed by atoms with Gasteiger partial charge < -0.3 is 10.2 Å². The fourth-order valence-corrected chi connectivity index (χ4v) is 3.45. The molecule has 1 aromatic carbocycles. The lowest BCUT2D eigenvalue weighted by Gasteiger charge is -2.32. The molecule has 8 heteroatoms. The van der Waals surface area contributed by atoms with E-state index >= 15 is 0 Å². The molecular formula is C15H19ClN4O3. The third kappa shape index (κ3) is 3.46. The van der Waals surface area contributed by atoms with Crippen LogP contribution in [0.25, 0.3) is 0 Å². The number of hydrogen-bond donors (Lipinski definition) is 1. The average Bonchev–Trinajstić information content (AvgIpc) is 3.04. The van der Waals surface area contributed by atoms with E-state index in [9.17, 15) is 14.9 Å². The highest BCUT2D eigenvalue weighted by Gasteiger charge is 2.33. The maximum atomic E-state index is 12.7. The van der Waals surface area contributed by atoms with Gasteiger partial charge in [0.05, 0.1) is 4.92 Å². The van der Waals surface area contributed by atoms with Gasteiger partial charge >= 0.3 is 0 Å². The lowest BCUT2D eigenvalue weighted by molar-refractivity contribution is -0.385. The van der Waals surface area contributed by atoms with Crippen LogP contribution in [-0.2, 0) is 0 Å². The van der Waals surface area contributed by atoms with Gasteiger partial charge in [-0.1, -0.05) is 11.6 Å². The van der Waals surface area contributed by atoms with Crippen LogP contribution in [0.3, 0.4) is 0 Å². The molecule has 0 bridgehead atoms. The third-order valence-electron chi connectivity index (χ3n) is 4.50. The van der Waals surface area contributed by atoms with Gasteiger partial charge in [0.2, 0.25) is 0 Å². The fraction of sp³-hybridized carbons (Fsp3) is 0.533. The highest BCUT2D eigenvalue weighted by Crippen LogP contribution is 2.26. The van der Waals surface area contributed by atoms with Gasteiger partial charge in [0.25, 0.3) is 11.6 Å². The quantitative estimate of drug-likeness (QED) is 0.665. The highest BCUT2D eigenvalue weighted by molar-refractivity contribution is 6.31. The maximum Gasteiger partial charge on any atom is 0.282 e. The Hall–Kier alpha value is -1.70. The number of carbonyl (C=O) groups is 1. The Bertz CT molecular complexity index is 619. The predicted molar refractivity (Wildman–Crippen MR) is 86.9 cm³/mol. The van der Waals surface area contributed by atoms with Crippen molar-refractivity contribution in [2.75, 3.05) is 39.3 Å². The monoisotopic (exact) mass is 338 g/mol. The van der Waals surface area contributed by atoms with Crippen LogP contribution in [0, 0.1) is 10.1 Å². The SMILES string of the molecule is O=C(c1cc(Cl)ccc1[N+](=O)[O-])N1CCC(N2CCNCC2)C1. The molecule has 0 aliphatic carbocycles. The van der Waals surface area contributed by atoms with Crippen molar-refractivity contribution in [3.63, 3.8) is 0 Å². The van der Waals surface area contributed by atoms with Gasteiger partial charge in [0, 0.05) is 56.4 Å². The van der Waals surface area contributed by atoms with Crippen LogP contribution in [0.2, 0.25) is 5.02 Å². The Morgan fingerprint density at radius 2 is 2.04 bits per heavy atom. The van der Waals surface area contributed by atoms with Crippen LogP contribution in [-0.4, -0.2) is 65.9 Å². The molecular weight excluding hydrogens is 320 g/mol. The van der Waals surface area contributed by atoms with Crippen LogP contribution in [0.15, 0.2) is 18.2 Å². The molecule has 2 heterocycles. The van der Waals surface area contributed by atoms with Gasteiger partial charge in [-0.3, -0.25) is 19.8 Å². The number of nitrogens with one attached hydrogen (secondary N) is 1. The number of nitrogens with zero attached hydrogens (tertiary/aromatic N) is 3. The number of nitro groups is 1. The van der Waals surface area contributed by atoms with E-state index in [0.717, 1.165) is 32.6 Å². The van der Waals surface area contributed by atoms with Crippen molar-refractivity contribution in [1.82, 2.24) is 15.1 Å².